The Morgan fingerprint density at radius 3 is 2.27 bits per heavy atom. The number of carbonyl (C=O) groups is 1. The van der Waals surface area contributed by atoms with Crippen molar-refractivity contribution in [1.29, 1.82) is 0 Å². The van der Waals surface area contributed by atoms with Gasteiger partial charge in [0, 0.05) is 44.6 Å². The number of likely N-dealkylation sites (tertiary alicyclic amines) is 1. The van der Waals surface area contributed by atoms with E-state index in [4.69, 9.17) is 9.47 Å². The van der Waals surface area contributed by atoms with Crippen molar-refractivity contribution in [2.24, 2.45) is 0 Å². The molecule has 3 aliphatic heterocycles. The number of rotatable bonds is 4. The average Bonchev–Trinajstić information content (AvgIpc) is 3.27. The first kappa shape index (κ1) is 21.7. The quantitative estimate of drug-likeness (QED) is 0.690. The third-order valence-electron chi connectivity index (χ3n) is 6.02. The van der Waals surface area contributed by atoms with Crippen LogP contribution in [0.1, 0.15) is 19.8 Å². The van der Waals surface area contributed by atoms with Crippen LogP contribution in [0.15, 0.2) is 29.2 Å². The number of sulfone groups is 2. The van der Waals surface area contributed by atoms with Gasteiger partial charge in [0.2, 0.25) is 5.91 Å². The van der Waals surface area contributed by atoms with E-state index >= 15 is 0 Å². The van der Waals surface area contributed by atoms with Gasteiger partial charge in [-0.15, -0.1) is 0 Å². The van der Waals surface area contributed by atoms with Gasteiger partial charge in [0.15, 0.2) is 25.5 Å². The molecule has 0 saturated carbocycles. The molecular weight excluding hydrogens is 432 g/mol. The van der Waals surface area contributed by atoms with Crippen LogP contribution in [-0.2, 0) is 33.9 Å². The summed E-state index contributed by atoms with van der Waals surface area (Å²) in [5, 5.41) is 1.56. The second-order valence-electron chi connectivity index (χ2n) is 8.08. The number of piperidine rings is 1. The van der Waals surface area contributed by atoms with Crippen molar-refractivity contribution in [3.05, 3.63) is 24.3 Å². The third-order valence-corrected chi connectivity index (χ3v) is 10.2. The highest BCUT2D eigenvalue weighted by molar-refractivity contribution is 7.96. The number of anilines is 1. The molecule has 166 valence electrons. The van der Waals surface area contributed by atoms with Gasteiger partial charge in [-0.05, 0) is 24.3 Å². The molecule has 0 radical (unpaired) electrons. The maximum atomic E-state index is 13.3. The summed E-state index contributed by atoms with van der Waals surface area (Å²) in [5.74, 6) is -1.43. The Balaban J connectivity index is 1.55. The molecule has 3 fully saturated rings. The summed E-state index contributed by atoms with van der Waals surface area (Å²) in [7, 11) is -7.35. The lowest BCUT2D eigenvalue weighted by atomic mass is 10.0. The molecule has 3 aliphatic rings. The molecule has 0 aromatic heterocycles. The van der Waals surface area contributed by atoms with Crippen LogP contribution in [0.3, 0.4) is 0 Å². The van der Waals surface area contributed by atoms with Gasteiger partial charge in [0.05, 0.1) is 34.9 Å². The minimum absolute atomic E-state index is 0.0552. The highest BCUT2D eigenvalue weighted by Crippen LogP contribution is 2.36. The van der Waals surface area contributed by atoms with Gasteiger partial charge in [0.1, 0.15) is 0 Å². The van der Waals surface area contributed by atoms with Gasteiger partial charge in [-0.1, -0.05) is 0 Å². The summed E-state index contributed by atoms with van der Waals surface area (Å²) in [4.78, 5) is 13.2. The van der Waals surface area contributed by atoms with Crippen LogP contribution in [0.5, 0.6) is 0 Å². The predicted octanol–water partition coefficient (Wildman–Crippen LogP) is 0.423. The smallest absolute Gasteiger partial charge is 0.221 e. The number of nitrogens with zero attached hydrogens (tertiary/aromatic N) is 1. The van der Waals surface area contributed by atoms with Crippen molar-refractivity contribution in [2.45, 2.75) is 41.7 Å². The summed E-state index contributed by atoms with van der Waals surface area (Å²) in [6.45, 7) is 3.50. The van der Waals surface area contributed by atoms with Gasteiger partial charge in [0.25, 0.3) is 0 Å². The molecule has 1 aromatic rings. The number of nitrogens with one attached hydrogen (secondary N) is 1. The molecule has 1 N–H and O–H groups in total. The third kappa shape index (κ3) is 4.26. The Hall–Kier alpha value is -1.53. The molecule has 30 heavy (non-hydrogen) atoms. The molecular formula is C19H26N2O7S2. The molecule has 2 atom stereocenters. The van der Waals surface area contributed by atoms with E-state index in [2.05, 4.69) is 5.32 Å². The molecule has 2 unspecified atom stereocenters. The van der Waals surface area contributed by atoms with E-state index in [1.54, 1.807) is 0 Å². The minimum Gasteiger partial charge on any atom is -0.347 e. The Morgan fingerprint density at radius 1 is 1.10 bits per heavy atom. The first-order valence-electron chi connectivity index (χ1n) is 9.94. The number of ether oxygens (including phenoxy) is 2. The number of hydrogen-bond acceptors (Lipinski definition) is 8. The highest BCUT2D eigenvalue weighted by atomic mass is 32.2. The van der Waals surface area contributed by atoms with Crippen molar-refractivity contribution in [3.63, 3.8) is 0 Å². The Bertz CT molecular complexity index is 1010. The van der Waals surface area contributed by atoms with Crippen LogP contribution in [0.2, 0.25) is 0 Å². The second kappa shape index (κ2) is 7.86. The number of carbonyl (C=O) groups excluding carboxylic acids is 1. The SMILES string of the molecule is CC(=O)Nc1ccc(S(=O)(=O)C2CS(=O)(=O)CC2N2CCC3(CC2)OCCO3)cc1. The number of benzene rings is 1. The normalized spacial score (nSPS) is 28.6. The van der Waals surface area contributed by atoms with Crippen LogP contribution in [0, 0.1) is 0 Å². The fourth-order valence-corrected chi connectivity index (χ4v) is 9.35. The molecule has 3 heterocycles. The van der Waals surface area contributed by atoms with Crippen LogP contribution in [-0.4, -0.2) is 82.5 Å². The van der Waals surface area contributed by atoms with Crippen molar-refractivity contribution < 1.29 is 31.1 Å². The first-order valence-corrected chi connectivity index (χ1v) is 13.3. The lowest BCUT2D eigenvalue weighted by molar-refractivity contribution is -0.187. The van der Waals surface area contributed by atoms with Gasteiger partial charge >= 0.3 is 0 Å². The van der Waals surface area contributed by atoms with Crippen LogP contribution >= 0.6 is 0 Å². The molecule has 3 saturated heterocycles. The van der Waals surface area contributed by atoms with E-state index in [0.717, 1.165) is 0 Å². The summed E-state index contributed by atoms with van der Waals surface area (Å²) >= 11 is 0. The maximum Gasteiger partial charge on any atom is 0.221 e. The summed E-state index contributed by atoms with van der Waals surface area (Å²) < 4.78 is 62.9. The minimum atomic E-state index is -3.88. The average molecular weight is 459 g/mol. The van der Waals surface area contributed by atoms with E-state index in [0.29, 0.717) is 44.8 Å². The Morgan fingerprint density at radius 2 is 1.70 bits per heavy atom. The lowest BCUT2D eigenvalue weighted by Crippen LogP contribution is -2.53. The lowest BCUT2D eigenvalue weighted by Gasteiger charge is -2.41. The van der Waals surface area contributed by atoms with Crippen LogP contribution in [0.25, 0.3) is 0 Å². The Labute approximate surface area is 176 Å². The molecule has 4 rings (SSSR count). The summed E-state index contributed by atoms with van der Waals surface area (Å²) in [6, 6.07) is 5.23. The van der Waals surface area contributed by atoms with Gasteiger partial charge in [-0.3, -0.25) is 9.69 Å². The topological polar surface area (TPSA) is 119 Å². The van der Waals surface area contributed by atoms with Crippen LogP contribution in [0.4, 0.5) is 5.69 Å². The van der Waals surface area contributed by atoms with E-state index in [1.807, 2.05) is 4.90 Å². The highest BCUT2D eigenvalue weighted by Gasteiger charge is 2.50. The number of hydrogen-bond donors (Lipinski definition) is 1. The molecule has 1 spiro atoms. The molecule has 1 aromatic carbocycles. The molecule has 1 amide bonds. The van der Waals surface area contributed by atoms with E-state index in [-0.39, 0.29) is 22.3 Å². The number of amides is 1. The van der Waals surface area contributed by atoms with Crippen LogP contribution < -0.4 is 5.32 Å². The molecule has 0 bridgehead atoms. The fourth-order valence-electron chi connectivity index (χ4n) is 4.52. The monoisotopic (exact) mass is 458 g/mol. The van der Waals surface area contributed by atoms with Gasteiger partial charge < -0.3 is 14.8 Å². The van der Waals surface area contributed by atoms with E-state index in [1.165, 1.54) is 31.2 Å². The zero-order chi connectivity index (χ0) is 21.6. The fraction of sp³-hybridized carbons (Fsp3) is 0.632. The summed E-state index contributed by atoms with van der Waals surface area (Å²) in [6.07, 6.45) is 1.17. The van der Waals surface area contributed by atoms with E-state index < -0.39 is 36.8 Å². The van der Waals surface area contributed by atoms with Crippen molar-refractivity contribution in [3.8, 4) is 0 Å². The van der Waals surface area contributed by atoms with Gasteiger partial charge in [-0.25, -0.2) is 16.8 Å². The van der Waals surface area contributed by atoms with Crippen molar-refractivity contribution >= 4 is 31.3 Å². The molecule has 9 nitrogen and oxygen atoms in total. The Kier molecular flexibility index (Phi) is 5.69. The summed E-state index contributed by atoms with van der Waals surface area (Å²) in [5.41, 5.74) is 0.481. The molecule has 11 heteroatoms. The van der Waals surface area contributed by atoms with Gasteiger partial charge in [-0.2, -0.15) is 0 Å². The predicted molar refractivity (Wildman–Crippen MR) is 110 cm³/mol. The van der Waals surface area contributed by atoms with Crippen molar-refractivity contribution in [1.82, 2.24) is 4.90 Å². The largest absolute Gasteiger partial charge is 0.347 e. The maximum absolute atomic E-state index is 13.3. The second-order valence-corrected chi connectivity index (χ2v) is 12.4. The first-order chi connectivity index (χ1) is 14.1. The zero-order valence-corrected chi connectivity index (χ0v) is 18.4. The standard InChI is InChI=1S/C19H26N2O7S2/c1-14(22)20-15-2-4-16(5-3-15)30(25,26)18-13-29(23,24)12-17(18)21-8-6-19(7-9-21)27-10-11-28-19/h2-5,17-18H,6-13H2,1H3,(H,20,22). The van der Waals surface area contributed by atoms with Crippen molar-refractivity contribution in [2.75, 3.05) is 43.1 Å². The van der Waals surface area contributed by atoms with E-state index in [9.17, 15) is 21.6 Å². The zero-order valence-electron chi connectivity index (χ0n) is 16.7. The molecule has 0 aliphatic carbocycles.